The lowest BCUT2D eigenvalue weighted by Crippen LogP contribution is -2.28. The summed E-state index contributed by atoms with van der Waals surface area (Å²) in [5.74, 6) is -0.856. The normalized spacial score (nSPS) is 43.9. The highest BCUT2D eigenvalue weighted by atomic mass is 32.2. The molecular formula is C8H14O6S3. The minimum absolute atomic E-state index is 0.151. The minimum atomic E-state index is -3.23. The van der Waals surface area contributed by atoms with Crippen LogP contribution in [0.2, 0.25) is 0 Å². The second-order valence-electron chi connectivity index (χ2n) is 4.50. The van der Waals surface area contributed by atoms with Gasteiger partial charge in [-0.25, -0.2) is 16.8 Å². The fourth-order valence-electron chi connectivity index (χ4n) is 2.08. The Morgan fingerprint density at radius 1 is 0.765 bits per heavy atom. The molecule has 9 heteroatoms. The highest BCUT2D eigenvalue weighted by Crippen LogP contribution is 2.33. The Labute approximate surface area is 104 Å². The van der Waals surface area contributed by atoms with E-state index >= 15 is 0 Å². The molecule has 0 unspecified atom stereocenters. The zero-order valence-corrected chi connectivity index (χ0v) is 11.3. The highest BCUT2D eigenvalue weighted by molar-refractivity contribution is 8.03. The standard InChI is InChI=1S/C8H14O6S3/c9-5-1-16(11,12)3-7(5)15-8-4-17(13,14)2-6(8)10/h5-10H,1-4H2/t5-,6-,7+,8+/m0/s1. The van der Waals surface area contributed by atoms with E-state index in [2.05, 4.69) is 0 Å². The van der Waals surface area contributed by atoms with Crippen LogP contribution < -0.4 is 0 Å². The number of hydrogen-bond donors (Lipinski definition) is 2. The maximum Gasteiger partial charge on any atom is 0.154 e. The lowest BCUT2D eigenvalue weighted by Gasteiger charge is -2.18. The molecule has 0 aromatic heterocycles. The van der Waals surface area contributed by atoms with Gasteiger partial charge in [0.1, 0.15) is 0 Å². The minimum Gasteiger partial charge on any atom is -0.391 e. The quantitative estimate of drug-likeness (QED) is 0.609. The van der Waals surface area contributed by atoms with Crippen LogP contribution in [-0.2, 0) is 19.7 Å². The molecule has 2 aliphatic heterocycles. The van der Waals surface area contributed by atoms with E-state index in [1.807, 2.05) is 0 Å². The van der Waals surface area contributed by atoms with Gasteiger partial charge in [0.15, 0.2) is 19.7 Å². The van der Waals surface area contributed by atoms with E-state index in [1.165, 1.54) is 0 Å². The van der Waals surface area contributed by atoms with Crippen LogP contribution in [-0.4, -0.2) is 72.8 Å². The Morgan fingerprint density at radius 2 is 1.12 bits per heavy atom. The van der Waals surface area contributed by atoms with Crippen molar-refractivity contribution >= 4 is 31.4 Å². The summed E-state index contributed by atoms with van der Waals surface area (Å²) in [5.41, 5.74) is 0. The Kier molecular flexibility index (Phi) is 3.50. The summed E-state index contributed by atoms with van der Waals surface area (Å²) in [7, 11) is -6.47. The first-order valence-corrected chi connectivity index (χ1v) is 9.69. The number of thioether (sulfide) groups is 1. The lowest BCUT2D eigenvalue weighted by atomic mass is 10.3. The maximum absolute atomic E-state index is 11.3. The van der Waals surface area contributed by atoms with Gasteiger partial charge >= 0.3 is 0 Å². The van der Waals surface area contributed by atoms with E-state index in [4.69, 9.17) is 0 Å². The topological polar surface area (TPSA) is 109 Å². The molecular weight excluding hydrogens is 288 g/mol. The van der Waals surface area contributed by atoms with Crippen molar-refractivity contribution < 1.29 is 27.0 Å². The molecule has 2 N–H and O–H groups in total. The second-order valence-corrected chi connectivity index (χ2v) is 10.3. The van der Waals surface area contributed by atoms with Gasteiger partial charge in [0, 0.05) is 10.5 Å². The zero-order chi connectivity index (χ0) is 12.8. The predicted octanol–water partition coefficient (Wildman–Crippen LogP) is -1.96. The molecule has 0 amide bonds. The van der Waals surface area contributed by atoms with Crippen LogP contribution in [0.4, 0.5) is 0 Å². The summed E-state index contributed by atoms with van der Waals surface area (Å²) in [6, 6.07) is 0. The number of rotatable bonds is 2. The first kappa shape index (κ1) is 13.6. The van der Waals surface area contributed by atoms with Gasteiger partial charge in [0.25, 0.3) is 0 Å². The molecule has 2 rings (SSSR count). The Bertz CT molecular complexity index is 449. The van der Waals surface area contributed by atoms with Crippen molar-refractivity contribution in [3.63, 3.8) is 0 Å². The van der Waals surface area contributed by atoms with Gasteiger partial charge in [-0.05, 0) is 0 Å². The van der Waals surface area contributed by atoms with Crippen LogP contribution in [0.25, 0.3) is 0 Å². The number of sulfone groups is 2. The summed E-state index contributed by atoms with van der Waals surface area (Å²) >= 11 is 1.08. The van der Waals surface area contributed by atoms with E-state index < -0.39 is 42.4 Å². The molecule has 4 atom stereocenters. The monoisotopic (exact) mass is 302 g/mol. The highest BCUT2D eigenvalue weighted by Gasteiger charge is 2.43. The van der Waals surface area contributed by atoms with Crippen molar-refractivity contribution in [2.45, 2.75) is 22.7 Å². The molecule has 0 saturated carbocycles. The van der Waals surface area contributed by atoms with Gasteiger partial charge in [-0.3, -0.25) is 0 Å². The average Bonchev–Trinajstić information content (AvgIpc) is 2.50. The summed E-state index contributed by atoms with van der Waals surface area (Å²) in [6.45, 7) is 0. The SMILES string of the molecule is O=S1(=O)C[C@H](O)[C@H](S[C@@H]2CS(=O)(=O)C[C@@H]2O)C1. The van der Waals surface area contributed by atoms with Gasteiger partial charge in [-0.1, -0.05) is 0 Å². The van der Waals surface area contributed by atoms with Gasteiger partial charge in [0.05, 0.1) is 35.2 Å². The van der Waals surface area contributed by atoms with E-state index in [0.717, 1.165) is 11.8 Å². The molecule has 0 aromatic rings. The Balaban J connectivity index is 2.04. The maximum atomic E-state index is 11.3. The van der Waals surface area contributed by atoms with Crippen molar-refractivity contribution in [3.8, 4) is 0 Å². The van der Waals surface area contributed by atoms with Crippen molar-refractivity contribution in [2.24, 2.45) is 0 Å². The number of hydrogen-bond acceptors (Lipinski definition) is 7. The van der Waals surface area contributed by atoms with E-state index in [-0.39, 0.29) is 23.0 Å². The first-order chi connectivity index (χ1) is 7.69. The van der Waals surface area contributed by atoms with Crippen LogP contribution in [0, 0.1) is 0 Å². The molecule has 17 heavy (non-hydrogen) atoms. The van der Waals surface area contributed by atoms with Gasteiger partial charge in [0.2, 0.25) is 0 Å². The van der Waals surface area contributed by atoms with Crippen LogP contribution in [0.15, 0.2) is 0 Å². The average molecular weight is 302 g/mol. The molecule has 2 saturated heterocycles. The second kappa shape index (κ2) is 4.37. The molecule has 2 heterocycles. The van der Waals surface area contributed by atoms with Crippen molar-refractivity contribution in [2.75, 3.05) is 23.0 Å². The van der Waals surface area contributed by atoms with Crippen LogP contribution in [0.1, 0.15) is 0 Å². The van der Waals surface area contributed by atoms with Gasteiger partial charge in [-0.15, -0.1) is 11.8 Å². The van der Waals surface area contributed by atoms with Crippen LogP contribution >= 0.6 is 11.8 Å². The van der Waals surface area contributed by atoms with Gasteiger partial charge in [-0.2, -0.15) is 0 Å². The summed E-state index contributed by atoms with van der Waals surface area (Å²) in [4.78, 5) is 0. The van der Waals surface area contributed by atoms with Crippen molar-refractivity contribution in [1.29, 1.82) is 0 Å². The Morgan fingerprint density at radius 3 is 1.35 bits per heavy atom. The third-order valence-corrected chi connectivity index (χ3v) is 8.41. The Hall–Kier alpha value is 0.170. The first-order valence-electron chi connectivity index (χ1n) is 5.11. The number of aliphatic hydroxyl groups is 2. The molecule has 0 radical (unpaired) electrons. The van der Waals surface area contributed by atoms with Crippen molar-refractivity contribution in [3.05, 3.63) is 0 Å². The third-order valence-electron chi connectivity index (χ3n) is 2.89. The largest absolute Gasteiger partial charge is 0.391 e. The summed E-state index contributed by atoms with van der Waals surface area (Å²) in [5, 5.41) is 18.1. The van der Waals surface area contributed by atoms with Crippen molar-refractivity contribution in [1.82, 2.24) is 0 Å². The number of aliphatic hydroxyl groups excluding tert-OH is 2. The van der Waals surface area contributed by atoms with Crippen LogP contribution in [0.3, 0.4) is 0 Å². The molecule has 0 aromatic carbocycles. The third kappa shape index (κ3) is 3.14. The summed E-state index contributed by atoms with van der Waals surface area (Å²) < 4.78 is 45.1. The molecule has 0 aliphatic carbocycles. The molecule has 6 nitrogen and oxygen atoms in total. The molecule has 2 aliphatic rings. The molecule has 0 spiro atoms. The van der Waals surface area contributed by atoms with Crippen LogP contribution in [0.5, 0.6) is 0 Å². The van der Waals surface area contributed by atoms with E-state index in [0.29, 0.717) is 0 Å². The fraction of sp³-hybridized carbons (Fsp3) is 1.00. The smallest absolute Gasteiger partial charge is 0.154 e. The van der Waals surface area contributed by atoms with E-state index in [1.54, 1.807) is 0 Å². The fourth-order valence-corrected chi connectivity index (χ4v) is 8.42. The zero-order valence-electron chi connectivity index (χ0n) is 8.89. The van der Waals surface area contributed by atoms with E-state index in [9.17, 15) is 27.0 Å². The summed E-state index contributed by atoms with van der Waals surface area (Å²) in [6.07, 6.45) is -1.94. The lowest BCUT2D eigenvalue weighted by molar-refractivity contribution is 0.200. The predicted molar refractivity (Wildman–Crippen MR) is 64.5 cm³/mol. The van der Waals surface area contributed by atoms with Gasteiger partial charge < -0.3 is 10.2 Å². The molecule has 0 bridgehead atoms. The molecule has 100 valence electrons. The molecule has 2 fully saturated rings.